The first-order valence-corrected chi connectivity index (χ1v) is 11.5. The van der Waals surface area contributed by atoms with Crippen molar-refractivity contribution in [3.63, 3.8) is 0 Å². The van der Waals surface area contributed by atoms with Gasteiger partial charge in [0.2, 0.25) is 5.28 Å². The maximum atomic E-state index is 12.0. The van der Waals surface area contributed by atoms with E-state index in [-0.39, 0.29) is 5.28 Å². The largest absolute Gasteiger partial charge is 0.494 e. The fourth-order valence-corrected chi connectivity index (χ4v) is 3.35. The smallest absolute Gasteiger partial charge is 0.407 e. The number of aryl methyl sites for hydroxylation is 1. The summed E-state index contributed by atoms with van der Waals surface area (Å²) in [5.41, 5.74) is 2.31. The number of alkyl carbamates (subject to hydrolysis) is 1. The number of ether oxygens (including phenoxy) is 2. The van der Waals surface area contributed by atoms with Crippen LogP contribution < -0.4 is 15.4 Å². The van der Waals surface area contributed by atoms with Crippen LogP contribution in [0.1, 0.15) is 38.7 Å². The van der Waals surface area contributed by atoms with Crippen molar-refractivity contribution in [2.75, 3.05) is 25.6 Å². The van der Waals surface area contributed by atoms with Crippen molar-refractivity contribution in [2.45, 2.75) is 46.2 Å². The number of imidazole rings is 1. The molecule has 10 heteroatoms. The molecule has 0 radical (unpaired) electrons. The molecule has 0 atom stereocenters. The number of nitrogens with zero attached hydrogens (tertiary/aromatic N) is 4. The van der Waals surface area contributed by atoms with Gasteiger partial charge in [0.15, 0.2) is 17.0 Å². The molecule has 0 aliphatic rings. The van der Waals surface area contributed by atoms with Crippen molar-refractivity contribution in [2.24, 2.45) is 5.92 Å². The van der Waals surface area contributed by atoms with E-state index in [1.165, 1.54) is 0 Å². The van der Waals surface area contributed by atoms with Crippen LogP contribution in [-0.4, -0.2) is 45.9 Å². The summed E-state index contributed by atoms with van der Waals surface area (Å²) in [6.07, 6.45) is 3.79. The summed E-state index contributed by atoms with van der Waals surface area (Å²) in [5, 5.41) is 5.92. The molecule has 0 spiro atoms. The molecule has 2 N–H and O–H groups in total. The number of halogens is 1. The number of unbranched alkanes of at least 4 members (excludes halogenated alkanes) is 1. The lowest BCUT2D eigenvalue weighted by Crippen LogP contribution is -2.24. The Morgan fingerprint density at radius 1 is 1.21 bits per heavy atom. The third kappa shape index (κ3) is 7.49. The molecular weight excluding hydrogens is 444 g/mol. The Bertz CT molecular complexity index is 1060. The van der Waals surface area contributed by atoms with Crippen LogP contribution in [0.25, 0.3) is 11.2 Å². The van der Waals surface area contributed by atoms with E-state index in [4.69, 9.17) is 21.1 Å². The minimum absolute atomic E-state index is 0.168. The fraction of sp³-hybridized carbons (Fsp3) is 0.478. The molecule has 33 heavy (non-hydrogen) atoms. The van der Waals surface area contributed by atoms with Gasteiger partial charge in [0.1, 0.15) is 5.75 Å². The van der Waals surface area contributed by atoms with Gasteiger partial charge in [-0.15, -0.1) is 0 Å². The molecule has 2 heterocycles. The van der Waals surface area contributed by atoms with Crippen molar-refractivity contribution in [1.29, 1.82) is 0 Å². The lowest BCUT2D eigenvalue weighted by molar-refractivity contribution is 0.143. The predicted molar refractivity (Wildman–Crippen MR) is 129 cm³/mol. The third-order valence-electron chi connectivity index (χ3n) is 5.00. The topological polar surface area (TPSA) is 103 Å². The molecule has 178 valence electrons. The molecule has 0 aliphatic heterocycles. The summed E-state index contributed by atoms with van der Waals surface area (Å²) in [6.45, 7) is 6.41. The van der Waals surface area contributed by atoms with Crippen molar-refractivity contribution in [3.8, 4) is 5.75 Å². The van der Waals surface area contributed by atoms with E-state index in [2.05, 4.69) is 39.4 Å². The highest BCUT2D eigenvalue weighted by Gasteiger charge is 2.11. The molecule has 3 aromatic rings. The average Bonchev–Trinajstić information content (AvgIpc) is 3.19. The lowest BCUT2D eigenvalue weighted by Gasteiger charge is -2.10. The zero-order chi connectivity index (χ0) is 23.6. The van der Waals surface area contributed by atoms with Gasteiger partial charge in [0.05, 0.1) is 19.5 Å². The predicted octanol–water partition coefficient (Wildman–Crippen LogP) is 4.65. The summed E-state index contributed by atoms with van der Waals surface area (Å²) < 4.78 is 13.0. The number of hydrogen-bond acceptors (Lipinski definition) is 7. The van der Waals surface area contributed by atoms with Gasteiger partial charge in [-0.1, -0.05) is 26.0 Å². The van der Waals surface area contributed by atoms with Gasteiger partial charge >= 0.3 is 6.09 Å². The van der Waals surface area contributed by atoms with Crippen molar-refractivity contribution in [1.82, 2.24) is 24.8 Å². The van der Waals surface area contributed by atoms with Crippen molar-refractivity contribution in [3.05, 3.63) is 41.4 Å². The van der Waals surface area contributed by atoms with Crippen molar-refractivity contribution < 1.29 is 14.3 Å². The Labute approximate surface area is 198 Å². The Morgan fingerprint density at radius 3 is 2.85 bits per heavy atom. The van der Waals surface area contributed by atoms with Gasteiger partial charge in [-0.3, -0.25) is 0 Å². The SMILES string of the molecule is CNc1nc(Cl)nc2c1ncn2CCCCOC(=O)NCc1cccc(OCCC(C)C)c1. The number of aromatic nitrogens is 4. The summed E-state index contributed by atoms with van der Waals surface area (Å²) in [4.78, 5) is 24.7. The van der Waals surface area contributed by atoms with Crippen LogP contribution in [0.3, 0.4) is 0 Å². The van der Waals surface area contributed by atoms with E-state index in [0.29, 0.717) is 55.6 Å². The van der Waals surface area contributed by atoms with E-state index in [0.717, 1.165) is 24.2 Å². The lowest BCUT2D eigenvalue weighted by atomic mass is 10.1. The number of fused-ring (bicyclic) bond motifs is 1. The number of carbonyl (C=O) groups is 1. The zero-order valence-electron chi connectivity index (χ0n) is 19.3. The summed E-state index contributed by atoms with van der Waals surface area (Å²) >= 11 is 5.99. The number of nitrogens with one attached hydrogen (secondary N) is 2. The minimum atomic E-state index is -0.438. The standard InChI is InChI=1S/C23H31ClN6O3/c1-16(2)9-12-32-18-8-6-7-17(13-18)14-26-23(31)33-11-5-4-10-30-15-27-19-20(25-3)28-22(24)29-21(19)30/h6-8,13,15-16H,4-5,9-12,14H2,1-3H3,(H,26,31)(H,25,28,29). The monoisotopic (exact) mass is 474 g/mol. The molecule has 3 rings (SSSR count). The Hall–Kier alpha value is -3.07. The molecule has 0 saturated carbocycles. The maximum Gasteiger partial charge on any atom is 0.407 e. The van der Waals surface area contributed by atoms with Crippen molar-refractivity contribution >= 4 is 34.7 Å². The summed E-state index contributed by atoms with van der Waals surface area (Å²) in [5.74, 6) is 2.00. The minimum Gasteiger partial charge on any atom is -0.494 e. The molecule has 1 aromatic carbocycles. The fourth-order valence-electron chi connectivity index (χ4n) is 3.19. The van der Waals surface area contributed by atoms with E-state index in [1.807, 2.05) is 28.8 Å². The average molecular weight is 475 g/mol. The van der Waals surface area contributed by atoms with E-state index in [1.54, 1.807) is 13.4 Å². The first kappa shape index (κ1) is 24.6. The second-order valence-corrected chi connectivity index (χ2v) is 8.41. The number of rotatable bonds is 12. The van der Waals surface area contributed by atoms with Gasteiger partial charge < -0.3 is 24.7 Å². The molecular formula is C23H31ClN6O3. The number of amides is 1. The molecule has 0 saturated heterocycles. The molecule has 9 nitrogen and oxygen atoms in total. The van der Waals surface area contributed by atoms with Gasteiger partial charge in [0.25, 0.3) is 0 Å². The maximum absolute atomic E-state index is 12.0. The molecule has 0 aliphatic carbocycles. The molecule has 0 unspecified atom stereocenters. The van der Waals surface area contributed by atoms with Crippen LogP contribution >= 0.6 is 11.6 Å². The van der Waals surface area contributed by atoms with Crippen LogP contribution in [0.15, 0.2) is 30.6 Å². The summed E-state index contributed by atoms with van der Waals surface area (Å²) in [6, 6.07) is 7.72. The van der Waals surface area contributed by atoms with Gasteiger partial charge in [-0.2, -0.15) is 9.97 Å². The van der Waals surface area contributed by atoms with Gasteiger partial charge in [0, 0.05) is 20.1 Å². The van der Waals surface area contributed by atoms with Crippen LogP contribution in [0, 0.1) is 5.92 Å². The zero-order valence-corrected chi connectivity index (χ0v) is 20.1. The second kappa shape index (κ2) is 12.2. The first-order chi connectivity index (χ1) is 16.0. The number of benzene rings is 1. The first-order valence-electron chi connectivity index (χ1n) is 11.1. The highest BCUT2D eigenvalue weighted by molar-refractivity contribution is 6.28. The third-order valence-corrected chi connectivity index (χ3v) is 5.17. The van der Waals surface area contributed by atoms with Crippen LogP contribution in [0.5, 0.6) is 5.75 Å². The number of anilines is 1. The normalized spacial score (nSPS) is 11.1. The van der Waals surface area contributed by atoms with Crippen LogP contribution in [0.2, 0.25) is 5.28 Å². The highest BCUT2D eigenvalue weighted by Crippen LogP contribution is 2.20. The number of carbonyl (C=O) groups excluding carboxylic acids is 1. The quantitative estimate of drug-likeness (QED) is 0.291. The van der Waals surface area contributed by atoms with E-state index >= 15 is 0 Å². The Balaban J connectivity index is 1.36. The molecule has 0 fully saturated rings. The van der Waals surface area contributed by atoms with Gasteiger partial charge in [-0.25, -0.2) is 9.78 Å². The Morgan fingerprint density at radius 2 is 2.06 bits per heavy atom. The summed E-state index contributed by atoms with van der Waals surface area (Å²) in [7, 11) is 1.76. The molecule has 1 amide bonds. The Kier molecular flexibility index (Phi) is 9.12. The van der Waals surface area contributed by atoms with E-state index in [9.17, 15) is 4.79 Å². The number of hydrogen-bond donors (Lipinski definition) is 2. The second-order valence-electron chi connectivity index (χ2n) is 8.08. The van der Waals surface area contributed by atoms with E-state index < -0.39 is 6.09 Å². The molecule has 0 bridgehead atoms. The van der Waals surface area contributed by atoms with Crippen LogP contribution in [0.4, 0.5) is 10.6 Å². The highest BCUT2D eigenvalue weighted by atomic mass is 35.5. The van der Waals surface area contributed by atoms with Crippen LogP contribution in [-0.2, 0) is 17.8 Å². The molecule has 2 aromatic heterocycles. The van der Waals surface area contributed by atoms with Gasteiger partial charge in [-0.05, 0) is 54.5 Å².